The third-order valence-corrected chi connectivity index (χ3v) is 3.44. The second kappa shape index (κ2) is 5.80. The first-order valence-electron chi connectivity index (χ1n) is 6.73. The standard InChI is InChI=1S/C15H18N4/c1-2-5-13(6-3-1)7-4-10-16-14-8-9-15-17-12-18-19(15)11-14/h1-7,12,14,16H,8-11H2/b7-4-/t14-/m1/s1. The minimum absolute atomic E-state index is 0.495. The van der Waals surface area contributed by atoms with Crippen LogP contribution in [0.1, 0.15) is 17.8 Å². The molecule has 1 N–H and O–H groups in total. The highest BCUT2D eigenvalue weighted by Crippen LogP contribution is 2.11. The Morgan fingerprint density at radius 2 is 2.21 bits per heavy atom. The summed E-state index contributed by atoms with van der Waals surface area (Å²) in [5.41, 5.74) is 1.24. The van der Waals surface area contributed by atoms with Crippen molar-refractivity contribution in [3.05, 3.63) is 54.1 Å². The number of fused-ring (bicyclic) bond motifs is 1. The lowest BCUT2D eigenvalue weighted by Crippen LogP contribution is -2.37. The molecule has 0 spiro atoms. The summed E-state index contributed by atoms with van der Waals surface area (Å²) in [6.45, 7) is 1.82. The number of aromatic nitrogens is 3. The van der Waals surface area contributed by atoms with Crippen molar-refractivity contribution in [3.63, 3.8) is 0 Å². The molecule has 1 aromatic carbocycles. The van der Waals surface area contributed by atoms with Gasteiger partial charge in [0.1, 0.15) is 12.2 Å². The van der Waals surface area contributed by atoms with Gasteiger partial charge in [0.05, 0.1) is 6.54 Å². The Morgan fingerprint density at radius 1 is 1.32 bits per heavy atom. The van der Waals surface area contributed by atoms with Crippen LogP contribution in [0.15, 0.2) is 42.7 Å². The average molecular weight is 254 g/mol. The highest BCUT2D eigenvalue weighted by atomic mass is 15.3. The number of benzene rings is 1. The smallest absolute Gasteiger partial charge is 0.138 e. The number of nitrogens with zero attached hydrogens (tertiary/aromatic N) is 3. The van der Waals surface area contributed by atoms with Crippen LogP contribution in [-0.2, 0) is 13.0 Å². The monoisotopic (exact) mass is 254 g/mol. The molecule has 0 saturated heterocycles. The van der Waals surface area contributed by atoms with Crippen molar-refractivity contribution in [2.45, 2.75) is 25.4 Å². The first-order valence-corrected chi connectivity index (χ1v) is 6.73. The molecule has 0 radical (unpaired) electrons. The summed E-state index contributed by atoms with van der Waals surface area (Å²) < 4.78 is 2.00. The van der Waals surface area contributed by atoms with E-state index >= 15 is 0 Å². The second-order valence-electron chi connectivity index (χ2n) is 4.82. The van der Waals surface area contributed by atoms with Crippen molar-refractivity contribution >= 4 is 6.08 Å². The first-order chi connectivity index (χ1) is 9.42. The van der Waals surface area contributed by atoms with Crippen molar-refractivity contribution < 1.29 is 0 Å². The van der Waals surface area contributed by atoms with E-state index in [1.54, 1.807) is 6.33 Å². The van der Waals surface area contributed by atoms with E-state index in [9.17, 15) is 0 Å². The molecule has 0 aliphatic carbocycles. The molecule has 0 amide bonds. The first kappa shape index (κ1) is 12.1. The molecule has 1 aliphatic rings. The lowest BCUT2D eigenvalue weighted by atomic mass is 10.1. The lowest BCUT2D eigenvalue weighted by Gasteiger charge is -2.22. The molecule has 2 aromatic rings. The summed E-state index contributed by atoms with van der Waals surface area (Å²) in [5, 5.41) is 7.78. The summed E-state index contributed by atoms with van der Waals surface area (Å²) in [4.78, 5) is 4.24. The van der Waals surface area contributed by atoms with Crippen LogP contribution in [-0.4, -0.2) is 27.4 Å². The SMILES string of the molecule is C(=C/c1ccccc1)/CN[C@@H]1CCc2ncnn2C1. The van der Waals surface area contributed by atoms with E-state index in [0.29, 0.717) is 6.04 Å². The zero-order valence-electron chi connectivity index (χ0n) is 10.9. The third-order valence-electron chi connectivity index (χ3n) is 3.44. The van der Waals surface area contributed by atoms with E-state index in [1.165, 1.54) is 5.56 Å². The van der Waals surface area contributed by atoms with Gasteiger partial charge < -0.3 is 5.32 Å². The Kier molecular flexibility index (Phi) is 3.70. The quantitative estimate of drug-likeness (QED) is 0.906. The fourth-order valence-corrected chi connectivity index (χ4v) is 2.40. The van der Waals surface area contributed by atoms with Crippen molar-refractivity contribution in [2.75, 3.05) is 6.54 Å². The Labute approximate surface area is 113 Å². The van der Waals surface area contributed by atoms with Crippen molar-refractivity contribution in [1.29, 1.82) is 0 Å². The summed E-state index contributed by atoms with van der Waals surface area (Å²) in [7, 11) is 0. The fraction of sp³-hybridized carbons (Fsp3) is 0.333. The van der Waals surface area contributed by atoms with Crippen LogP contribution in [0, 0.1) is 0 Å². The molecule has 0 saturated carbocycles. The van der Waals surface area contributed by atoms with Gasteiger partial charge in [-0.25, -0.2) is 9.67 Å². The highest BCUT2D eigenvalue weighted by Gasteiger charge is 2.18. The maximum atomic E-state index is 4.24. The second-order valence-corrected chi connectivity index (χ2v) is 4.82. The van der Waals surface area contributed by atoms with Crippen molar-refractivity contribution in [1.82, 2.24) is 20.1 Å². The van der Waals surface area contributed by atoms with Gasteiger partial charge in [0.15, 0.2) is 0 Å². The van der Waals surface area contributed by atoms with Gasteiger partial charge in [-0.15, -0.1) is 0 Å². The van der Waals surface area contributed by atoms with Gasteiger partial charge in [-0.05, 0) is 12.0 Å². The summed E-state index contributed by atoms with van der Waals surface area (Å²) >= 11 is 0. The van der Waals surface area contributed by atoms with E-state index in [4.69, 9.17) is 0 Å². The zero-order chi connectivity index (χ0) is 12.9. The van der Waals surface area contributed by atoms with Gasteiger partial charge in [-0.3, -0.25) is 0 Å². The maximum Gasteiger partial charge on any atom is 0.138 e. The third kappa shape index (κ3) is 3.09. The Balaban J connectivity index is 1.48. The largest absolute Gasteiger partial charge is 0.309 e. The van der Waals surface area contributed by atoms with Crippen LogP contribution < -0.4 is 5.32 Å². The molecule has 98 valence electrons. The molecule has 0 bridgehead atoms. The van der Waals surface area contributed by atoms with E-state index in [0.717, 1.165) is 31.8 Å². The van der Waals surface area contributed by atoms with Gasteiger partial charge in [-0.2, -0.15) is 5.10 Å². The topological polar surface area (TPSA) is 42.7 Å². The summed E-state index contributed by atoms with van der Waals surface area (Å²) in [5.74, 6) is 1.11. The van der Waals surface area contributed by atoms with Gasteiger partial charge in [-0.1, -0.05) is 42.5 Å². The molecule has 1 aromatic heterocycles. The zero-order valence-corrected chi connectivity index (χ0v) is 10.9. The normalized spacial score (nSPS) is 18.6. The molecule has 19 heavy (non-hydrogen) atoms. The predicted molar refractivity (Wildman–Crippen MR) is 75.6 cm³/mol. The average Bonchev–Trinajstić information content (AvgIpc) is 2.92. The molecule has 2 heterocycles. The molecular weight excluding hydrogens is 236 g/mol. The van der Waals surface area contributed by atoms with Crippen molar-refractivity contribution in [3.8, 4) is 0 Å². The minimum atomic E-state index is 0.495. The highest BCUT2D eigenvalue weighted by molar-refractivity contribution is 5.48. The van der Waals surface area contributed by atoms with Crippen LogP contribution in [0.5, 0.6) is 0 Å². The molecule has 4 heteroatoms. The van der Waals surface area contributed by atoms with Crippen LogP contribution in [0.25, 0.3) is 6.08 Å². The fourth-order valence-electron chi connectivity index (χ4n) is 2.40. The Morgan fingerprint density at radius 3 is 3.11 bits per heavy atom. The van der Waals surface area contributed by atoms with Crippen LogP contribution in [0.3, 0.4) is 0 Å². The Hall–Kier alpha value is -1.94. The molecular formula is C15H18N4. The van der Waals surface area contributed by atoms with Crippen LogP contribution >= 0.6 is 0 Å². The molecule has 1 atom stereocenters. The number of hydrogen-bond donors (Lipinski definition) is 1. The number of hydrogen-bond acceptors (Lipinski definition) is 3. The molecule has 1 aliphatic heterocycles. The van der Waals surface area contributed by atoms with E-state index in [2.05, 4.69) is 51.8 Å². The van der Waals surface area contributed by atoms with Crippen LogP contribution in [0.2, 0.25) is 0 Å². The Bertz CT molecular complexity index is 544. The lowest BCUT2D eigenvalue weighted by molar-refractivity contribution is 0.370. The summed E-state index contributed by atoms with van der Waals surface area (Å²) in [6, 6.07) is 10.9. The van der Waals surface area contributed by atoms with E-state index in [-0.39, 0.29) is 0 Å². The minimum Gasteiger partial charge on any atom is -0.309 e. The number of rotatable bonds is 4. The van der Waals surface area contributed by atoms with Gasteiger partial charge in [0.2, 0.25) is 0 Å². The van der Waals surface area contributed by atoms with Crippen molar-refractivity contribution in [2.24, 2.45) is 0 Å². The molecule has 4 nitrogen and oxygen atoms in total. The predicted octanol–water partition coefficient (Wildman–Crippen LogP) is 1.90. The van der Waals surface area contributed by atoms with E-state index < -0.39 is 0 Å². The van der Waals surface area contributed by atoms with Crippen LogP contribution in [0.4, 0.5) is 0 Å². The van der Waals surface area contributed by atoms with E-state index in [1.807, 2.05) is 10.7 Å². The maximum absolute atomic E-state index is 4.24. The number of aryl methyl sites for hydroxylation is 1. The van der Waals surface area contributed by atoms with Gasteiger partial charge in [0, 0.05) is 19.0 Å². The molecule has 3 rings (SSSR count). The summed E-state index contributed by atoms with van der Waals surface area (Å²) in [6.07, 6.45) is 8.12. The van der Waals surface area contributed by atoms with Gasteiger partial charge in [0.25, 0.3) is 0 Å². The number of nitrogens with one attached hydrogen (secondary N) is 1. The molecule has 0 unspecified atom stereocenters. The molecule has 0 fully saturated rings. The van der Waals surface area contributed by atoms with Gasteiger partial charge >= 0.3 is 0 Å².